The third-order valence-electron chi connectivity index (χ3n) is 3.92. The quantitative estimate of drug-likeness (QED) is 0.894. The maximum Gasteiger partial charge on any atom is 0.371 e. The van der Waals surface area contributed by atoms with Crippen molar-refractivity contribution in [1.82, 2.24) is 0 Å². The minimum Gasteiger partial charge on any atom is -0.475 e. The molecule has 0 amide bonds. The summed E-state index contributed by atoms with van der Waals surface area (Å²) in [5, 5.41) is 8.82. The molecule has 0 saturated heterocycles. The van der Waals surface area contributed by atoms with Crippen LogP contribution in [0.5, 0.6) is 0 Å². The van der Waals surface area contributed by atoms with Gasteiger partial charge in [-0.3, -0.25) is 0 Å². The molecule has 1 aromatic heterocycles. The number of hydrogen-bond donors (Lipinski definition) is 1. The standard InChI is InChI=1S/C15H22O4/c1-10(12-4-5-13(19-12)14(16)17)18-11-6-8-15(2,3)9-7-11/h4-5,10-11H,6-9H2,1-3H3,(H,16,17). The van der Waals surface area contributed by atoms with Gasteiger partial charge in [0, 0.05) is 0 Å². The van der Waals surface area contributed by atoms with Crippen LogP contribution in [0, 0.1) is 5.41 Å². The zero-order chi connectivity index (χ0) is 14.0. The van der Waals surface area contributed by atoms with E-state index in [1.165, 1.54) is 18.9 Å². The van der Waals surface area contributed by atoms with E-state index in [2.05, 4.69) is 13.8 Å². The first-order chi connectivity index (χ1) is 8.87. The Hall–Kier alpha value is -1.29. The molecule has 1 unspecified atom stereocenters. The smallest absolute Gasteiger partial charge is 0.371 e. The number of carboxylic acid groups (broad SMARTS) is 1. The second-order valence-electron chi connectivity index (χ2n) is 6.15. The molecular weight excluding hydrogens is 244 g/mol. The summed E-state index contributed by atoms with van der Waals surface area (Å²) in [5.41, 5.74) is 0.421. The van der Waals surface area contributed by atoms with Crippen LogP contribution in [0.4, 0.5) is 0 Å². The molecule has 2 rings (SSSR count). The second-order valence-corrected chi connectivity index (χ2v) is 6.15. The fourth-order valence-corrected chi connectivity index (χ4v) is 2.55. The minimum absolute atomic E-state index is 0.0322. The molecule has 1 aliphatic carbocycles. The highest BCUT2D eigenvalue weighted by molar-refractivity contribution is 5.84. The van der Waals surface area contributed by atoms with Gasteiger partial charge >= 0.3 is 5.97 Å². The van der Waals surface area contributed by atoms with Gasteiger partial charge in [0.15, 0.2) is 0 Å². The Morgan fingerprint density at radius 2 is 2.05 bits per heavy atom. The SMILES string of the molecule is CC(OC1CCC(C)(C)CC1)c1ccc(C(=O)O)o1. The van der Waals surface area contributed by atoms with E-state index in [4.69, 9.17) is 14.3 Å². The van der Waals surface area contributed by atoms with Gasteiger partial charge in [-0.1, -0.05) is 13.8 Å². The first-order valence-corrected chi connectivity index (χ1v) is 6.86. The molecule has 1 aliphatic rings. The highest BCUT2D eigenvalue weighted by Gasteiger charge is 2.28. The fraction of sp³-hybridized carbons (Fsp3) is 0.667. The van der Waals surface area contributed by atoms with Crippen molar-refractivity contribution in [3.8, 4) is 0 Å². The molecule has 4 heteroatoms. The van der Waals surface area contributed by atoms with E-state index in [1.54, 1.807) is 6.07 Å². The van der Waals surface area contributed by atoms with Gasteiger partial charge in [-0.15, -0.1) is 0 Å². The molecule has 106 valence electrons. The van der Waals surface area contributed by atoms with E-state index in [0.717, 1.165) is 12.8 Å². The van der Waals surface area contributed by atoms with Crippen LogP contribution in [0.2, 0.25) is 0 Å². The third kappa shape index (κ3) is 3.60. The lowest BCUT2D eigenvalue weighted by atomic mass is 9.76. The van der Waals surface area contributed by atoms with E-state index in [0.29, 0.717) is 11.2 Å². The lowest BCUT2D eigenvalue weighted by Crippen LogP contribution is -2.27. The van der Waals surface area contributed by atoms with Crippen LogP contribution in [0.3, 0.4) is 0 Å². The lowest BCUT2D eigenvalue weighted by molar-refractivity contribution is -0.0470. The number of aromatic carboxylic acids is 1. The fourth-order valence-electron chi connectivity index (χ4n) is 2.55. The molecule has 1 fully saturated rings. The summed E-state index contributed by atoms with van der Waals surface area (Å²) in [4.78, 5) is 10.8. The highest BCUT2D eigenvalue weighted by Crippen LogP contribution is 2.37. The summed E-state index contributed by atoms with van der Waals surface area (Å²) in [7, 11) is 0. The summed E-state index contributed by atoms with van der Waals surface area (Å²) in [5.74, 6) is -0.490. The summed E-state index contributed by atoms with van der Waals surface area (Å²) in [6.45, 7) is 6.49. The molecule has 19 heavy (non-hydrogen) atoms. The van der Waals surface area contributed by atoms with Crippen LogP contribution < -0.4 is 0 Å². The summed E-state index contributed by atoms with van der Waals surface area (Å²) in [6.07, 6.45) is 4.51. The van der Waals surface area contributed by atoms with Gasteiger partial charge in [-0.25, -0.2) is 4.79 Å². The summed E-state index contributed by atoms with van der Waals surface area (Å²) < 4.78 is 11.2. The average Bonchev–Trinajstić information content (AvgIpc) is 2.81. The van der Waals surface area contributed by atoms with Gasteiger partial charge in [0.2, 0.25) is 5.76 Å². The molecule has 0 spiro atoms. The zero-order valence-corrected chi connectivity index (χ0v) is 11.8. The van der Waals surface area contributed by atoms with Crippen LogP contribution in [0.25, 0.3) is 0 Å². The van der Waals surface area contributed by atoms with Gasteiger partial charge < -0.3 is 14.3 Å². The molecular formula is C15H22O4. The number of furan rings is 1. The Labute approximate surface area is 113 Å². The van der Waals surface area contributed by atoms with E-state index in [1.807, 2.05) is 6.92 Å². The van der Waals surface area contributed by atoms with Crippen LogP contribution in [0.15, 0.2) is 16.5 Å². The Morgan fingerprint density at radius 1 is 1.42 bits per heavy atom. The molecule has 0 bridgehead atoms. The summed E-state index contributed by atoms with van der Waals surface area (Å²) in [6, 6.07) is 3.16. The molecule has 1 N–H and O–H groups in total. The molecule has 1 aromatic rings. The van der Waals surface area contributed by atoms with Crippen molar-refractivity contribution in [1.29, 1.82) is 0 Å². The van der Waals surface area contributed by atoms with Gasteiger partial charge in [0.05, 0.1) is 6.10 Å². The van der Waals surface area contributed by atoms with Crippen molar-refractivity contribution >= 4 is 5.97 Å². The lowest BCUT2D eigenvalue weighted by Gasteiger charge is -2.35. The second kappa shape index (κ2) is 5.37. The van der Waals surface area contributed by atoms with E-state index in [9.17, 15) is 4.79 Å². The van der Waals surface area contributed by atoms with Crippen molar-refractivity contribution in [3.05, 3.63) is 23.7 Å². The van der Waals surface area contributed by atoms with Gasteiger partial charge in [-0.2, -0.15) is 0 Å². The van der Waals surface area contributed by atoms with Crippen LogP contribution >= 0.6 is 0 Å². The molecule has 1 heterocycles. The van der Waals surface area contributed by atoms with Crippen molar-refractivity contribution in [2.75, 3.05) is 0 Å². The van der Waals surface area contributed by atoms with Gasteiger partial charge in [-0.05, 0) is 50.2 Å². The zero-order valence-electron chi connectivity index (χ0n) is 11.8. The van der Waals surface area contributed by atoms with E-state index < -0.39 is 5.97 Å². The van der Waals surface area contributed by atoms with Crippen molar-refractivity contribution in [3.63, 3.8) is 0 Å². The normalized spacial score (nSPS) is 21.2. The Morgan fingerprint density at radius 3 is 2.58 bits per heavy atom. The highest BCUT2D eigenvalue weighted by atomic mass is 16.5. The molecule has 1 saturated carbocycles. The van der Waals surface area contributed by atoms with E-state index >= 15 is 0 Å². The predicted molar refractivity (Wildman–Crippen MR) is 71.2 cm³/mol. The molecule has 0 aliphatic heterocycles. The average molecular weight is 266 g/mol. The third-order valence-corrected chi connectivity index (χ3v) is 3.92. The number of ether oxygens (including phenoxy) is 1. The molecule has 4 nitrogen and oxygen atoms in total. The maximum atomic E-state index is 10.8. The molecule has 1 atom stereocenters. The molecule has 0 aromatic carbocycles. The minimum atomic E-state index is -1.04. The monoisotopic (exact) mass is 266 g/mol. The first-order valence-electron chi connectivity index (χ1n) is 6.86. The first kappa shape index (κ1) is 14.1. The Bertz CT molecular complexity index is 437. The Balaban J connectivity index is 1.90. The van der Waals surface area contributed by atoms with Crippen molar-refractivity contribution in [2.45, 2.75) is 58.7 Å². The van der Waals surface area contributed by atoms with Gasteiger partial charge in [0.1, 0.15) is 11.9 Å². The molecule has 0 radical (unpaired) electrons. The number of rotatable bonds is 4. The van der Waals surface area contributed by atoms with E-state index in [-0.39, 0.29) is 18.0 Å². The number of carbonyl (C=O) groups is 1. The topological polar surface area (TPSA) is 59.7 Å². The number of hydrogen-bond acceptors (Lipinski definition) is 3. The Kier molecular flexibility index (Phi) is 3.99. The maximum absolute atomic E-state index is 10.8. The largest absolute Gasteiger partial charge is 0.475 e. The van der Waals surface area contributed by atoms with Crippen molar-refractivity contribution < 1.29 is 19.1 Å². The summed E-state index contributed by atoms with van der Waals surface area (Å²) >= 11 is 0. The van der Waals surface area contributed by atoms with Crippen LogP contribution in [-0.2, 0) is 4.74 Å². The van der Waals surface area contributed by atoms with Crippen molar-refractivity contribution in [2.24, 2.45) is 5.41 Å². The van der Waals surface area contributed by atoms with Crippen LogP contribution in [-0.4, -0.2) is 17.2 Å². The number of carboxylic acids is 1. The van der Waals surface area contributed by atoms with Crippen LogP contribution in [0.1, 0.15) is 68.9 Å². The van der Waals surface area contributed by atoms with Gasteiger partial charge in [0.25, 0.3) is 0 Å². The predicted octanol–water partition coefficient (Wildman–Crippen LogP) is 4.02.